The first-order valence-corrected chi connectivity index (χ1v) is 46.5. The Balaban J connectivity index is 5.37. The third-order valence-electron chi connectivity index (χ3n) is 18.5. The summed E-state index contributed by atoms with van der Waals surface area (Å²) in [7, 11) is -9.97. The van der Waals surface area contributed by atoms with Crippen LogP contribution in [0.2, 0.25) is 0 Å². The van der Waals surface area contributed by atoms with E-state index >= 15 is 0 Å². The van der Waals surface area contributed by atoms with Crippen molar-refractivity contribution in [3.8, 4) is 0 Å². The van der Waals surface area contributed by atoms with Crippen molar-refractivity contribution in [3.05, 3.63) is 97.2 Å². The van der Waals surface area contributed by atoms with Gasteiger partial charge in [-0.05, 0) is 154 Å². The fraction of sp³-hybridized carbons (Fsp3) is 0.775. The van der Waals surface area contributed by atoms with Gasteiger partial charge in [-0.2, -0.15) is 0 Å². The predicted octanol–water partition coefficient (Wildman–Crippen LogP) is 25.9. The van der Waals surface area contributed by atoms with Gasteiger partial charge in [0.15, 0.2) is 12.2 Å². The Kier molecular flexibility index (Phi) is 78.0. The Morgan fingerprint density at radius 1 is 0.259 bits per heavy atom. The molecule has 0 saturated heterocycles. The molecule has 0 radical (unpaired) electrons. The highest BCUT2D eigenvalue weighted by molar-refractivity contribution is 7.47. The molecule has 0 aromatic rings. The minimum atomic E-state index is -4.99. The smallest absolute Gasteiger partial charge is 0.462 e. The maximum absolute atomic E-state index is 13.1. The van der Waals surface area contributed by atoms with Gasteiger partial charge in [0.2, 0.25) is 0 Å². The van der Waals surface area contributed by atoms with Crippen molar-refractivity contribution in [3.63, 3.8) is 0 Å². The first-order valence-electron chi connectivity index (χ1n) is 43.5. The van der Waals surface area contributed by atoms with Gasteiger partial charge in [-0.25, -0.2) is 9.13 Å². The van der Waals surface area contributed by atoms with Gasteiger partial charge in [0, 0.05) is 25.7 Å². The van der Waals surface area contributed by atoms with E-state index in [9.17, 15) is 43.2 Å². The minimum Gasteiger partial charge on any atom is -0.462 e. The van der Waals surface area contributed by atoms with Crippen LogP contribution in [0.4, 0.5) is 0 Å². The Hall–Kier alpha value is -4.02. The summed E-state index contributed by atoms with van der Waals surface area (Å²) in [4.78, 5) is 73.3. The molecular formula is C89H158O17P2. The Morgan fingerprint density at radius 3 is 0.722 bits per heavy atom. The molecule has 0 amide bonds. The second-order valence-electron chi connectivity index (χ2n) is 29.1. The van der Waals surface area contributed by atoms with Crippen molar-refractivity contribution in [2.45, 2.75) is 406 Å². The van der Waals surface area contributed by atoms with Crippen LogP contribution in [0.1, 0.15) is 387 Å². The van der Waals surface area contributed by atoms with E-state index in [-0.39, 0.29) is 25.7 Å². The number of aliphatic hydroxyl groups is 1. The number of ether oxygens (including phenoxy) is 4. The normalized spacial score (nSPS) is 14.2. The topological polar surface area (TPSA) is 237 Å². The first kappa shape index (κ1) is 104. The molecule has 0 aliphatic rings. The molecule has 4 unspecified atom stereocenters. The molecule has 0 aromatic heterocycles. The van der Waals surface area contributed by atoms with E-state index in [2.05, 4.69) is 125 Å². The van der Waals surface area contributed by atoms with Gasteiger partial charge in [0.25, 0.3) is 0 Å². The van der Waals surface area contributed by atoms with Crippen LogP contribution in [-0.4, -0.2) is 96.7 Å². The van der Waals surface area contributed by atoms with E-state index in [1.165, 1.54) is 116 Å². The van der Waals surface area contributed by atoms with Crippen LogP contribution < -0.4 is 0 Å². The third-order valence-corrected chi connectivity index (χ3v) is 20.4. The maximum Gasteiger partial charge on any atom is 0.472 e. The lowest BCUT2D eigenvalue weighted by atomic mass is 10.1. The van der Waals surface area contributed by atoms with E-state index in [0.717, 1.165) is 193 Å². The summed E-state index contributed by atoms with van der Waals surface area (Å²) in [5.74, 6) is -2.20. The molecule has 108 heavy (non-hydrogen) atoms. The molecular weight excluding hydrogens is 1400 g/mol. The van der Waals surface area contributed by atoms with Crippen LogP contribution in [0, 0.1) is 0 Å². The fourth-order valence-electron chi connectivity index (χ4n) is 11.8. The number of hydrogen-bond donors (Lipinski definition) is 3. The van der Waals surface area contributed by atoms with Crippen LogP contribution in [0.5, 0.6) is 0 Å². The quantitative estimate of drug-likeness (QED) is 0.0169. The van der Waals surface area contributed by atoms with Crippen molar-refractivity contribution >= 4 is 39.5 Å². The molecule has 17 nitrogen and oxygen atoms in total. The van der Waals surface area contributed by atoms with E-state index in [4.69, 9.17) is 37.0 Å². The molecule has 0 aliphatic carbocycles. The average molecular weight is 1560 g/mol. The molecule has 3 N–H and O–H groups in total. The number of allylic oxidation sites excluding steroid dienone is 16. The lowest BCUT2D eigenvalue weighted by Gasteiger charge is -2.21. The number of esters is 4. The zero-order valence-corrected chi connectivity index (χ0v) is 70.6. The van der Waals surface area contributed by atoms with Crippen LogP contribution in [0.15, 0.2) is 97.2 Å². The third kappa shape index (κ3) is 80.0. The van der Waals surface area contributed by atoms with Gasteiger partial charge in [0.05, 0.1) is 26.4 Å². The number of carbonyl (C=O) groups excluding carboxylic acids is 4. The standard InChI is InChI=1S/C89H158O17P2/c1-5-9-13-17-21-25-29-33-37-39-41-43-47-49-53-57-61-65-69-73-86(91)99-79-84(105-88(93)75-71-67-63-59-55-51-45-35-31-27-23-19-15-11-7-3)81-103-107(95,96)101-77-83(90)78-102-108(97,98)104-82-85(106-89(94)76-72-68-64-60-56-52-46-36-32-28-24-20-16-12-8-4)80-100-87(92)74-70-66-62-58-54-50-48-44-42-40-38-34-30-26-22-18-14-10-6-2/h21-22,25-26,33-38,41-46,83-85,90H,5-20,23-24,27-32,39-40,47-82H2,1-4H3,(H,95,96)(H,97,98)/b25-21-,26-22-,37-33-,38-34-,43-41-,44-42-,45-35-,46-36-. The molecule has 626 valence electrons. The summed E-state index contributed by atoms with van der Waals surface area (Å²) in [6, 6.07) is 0. The van der Waals surface area contributed by atoms with Gasteiger partial charge in [0.1, 0.15) is 19.3 Å². The van der Waals surface area contributed by atoms with Crippen LogP contribution in [0.3, 0.4) is 0 Å². The molecule has 0 heterocycles. The van der Waals surface area contributed by atoms with Crippen molar-refractivity contribution in [1.29, 1.82) is 0 Å². The number of phosphoric ester groups is 2. The summed E-state index contributed by atoms with van der Waals surface area (Å²) in [6.07, 6.45) is 87.8. The van der Waals surface area contributed by atoms with Gasteiger partial charge in [-0.3, -0.25) is 37.3 Å². The Morgan fingerprint density at radius 2 is 0.454 bits per heavy atom. The van der Waals surface area contributed by atoms with Crippen LogP contribution >= 0.6 is 15.6 Å². The van der Waals surface area contributed by atoms with Gasteiger partial charge >= 0.3 is 39.5 Å². The summed E-state index contributed by atoms with van der Waals surface area (Å²) in [5.41, 5.74) is 0. The Bertz CT molecular complexity index is 2260. The number of phosphoric acid groups is 2. The number of hydrogen-bond acceptors (Lipinski definition) is 15. The highest BCUT2D eigenvalue weighted by Crippen LogP contribution is 2.45. The first-order chi connectivity index (χ1) is 52.7. The average Bonchev–Trinajstić information content (AvgIpc) is 0.923. The monoisotopic (exact) mass is 1560 g/mol. The van der Waals surface area contributed by atoms with Crippen molar-refractivity contribution in [1.82, 2.24) is 0 Å². The zero-order chi connectivity index (χ0) is 78.9. The highest BCUT2D eigenvalue weighted by Gasteiger charge is 2.30. The fourth-order valence-corrected chi connectivity index (χ4v) is 13.4. The molecule has 0 bridgehead atoms. The molecule has 0 saturated carbocycles. The van der Waals surface area contributed by atoms with Crippen LogP contribution in [-0.2, 0) is 65.4 Å². The van der Waals surface area contributed by atoms with E-state index in [0.29, 0.717) is 25.7 Å². The lowest BCUT2D eigenvalue weighted by molar-refractivity contribution is -0.161. The van der Waals surface area contributed by atoms with Crippen molar-refractivity contribution in [2.24, 2.45) is 0 Å². The zero-order valence-electron chi connectivity index (χ0n) is 68.8. The lowest BCUT2D eigenvalue weighted by Crippen LogP contribution is -2.30. The largest absolute Gasteiger partial charge is 0.472 e. The highest BCUT2D eigenvalue weighted by atomic mass is 31.2. The van der Waals surface area contributed by atoms with Gasteiger partial charge in [-0.15, -0.1) is 0 Å². The summed E-state index contributed by atoms with van der Waals surface area (Å²) < 4.78 is 68.8. The van der Waals surface area contributed by atoms with Crippen molar-refractivity contribution < 1.29 is 80.2 Å². The van der Waals surface area contributed by atoms with E-state index < -0.39 is 97.5 Å². The maximum atomic E-state index is 13.1. The Labute approximate surface area is 658 Å². The van der Waals surface area contributed by atoms with Gasteiger partial charge in [-0.1, -0.05) is 305 Å². The molecule has 0 aromatic carbocycles. The summed E-state index contributed by atoms with van der Waals surface area (Å²) in [6.45, 7) is 4.84. The molecule has 0 rings (SSSR count). The molecule has 0 aliphatic heterocycles. The number of carbonyl (C=O) groups is 4. The summed E-state index contributed by atoms with van der Waals surface area (Å²) in [5, 5.41) is 10.7. The van der Waals surface area contributed by atoms with Gasteiger partial charge < -0.3 is 33.8 Å². The van der Waals surface area contributed by atoms with E-state index in [1.54, 1.807) is 0 Å². The van der Waals surface area contributed by atoms with Crippen LogP contribution in [0.25, 0.3) is 0 Å². The number of rotatable bonds is 82. The predicted molar refractivity (Wildman–Crippen MR) is 446 cm³/mol. The minimum absolute atomic E-state index is 0.0828. The molecule has 0 fully saturated rings. The second-order valence-corrected chi connectivity index (χ2v) is 32.0. The molecule has 19 heteroatoms. The number of unbranched alkanes of at least 4 members (excludes halogenated alkanes) is 40. The second kappa shape index (κ2) is 81.0. The SMILES string of the molecule is CCCCC/C=C\C/C=C\C/C=C\CCCCCCCCC(=O)OCC(COP(=O)(O)OCC(O)COP(=O)(O)OCC(COC(=O)CCCCCCCC/C=C\C/C=C\C/C=C\CCCCC)OC(=O)CCCCCCC/C=C\CCCCCCCC)OC(=O)CCCCCCC/C=C\CCCCCCCC. The number of aliphatic hydroxyl groups excluding tert-OH is 1. The molecule has 0 spiro atoms. The summed E-state index contributed by atoms with van der Waals surface area (Å²) >= 11 is 0. The molecule has 4 atom stereocenters. The van der Waals surface area contributed by atoms with Crippen molar-refractivity contribution in [2.75, 3.05) is 39.6 Å². The van der Waals surface area contributed by atoms with E-state index in [1.807, 2.05) is 0 Å².